The van der Waals surface area contributed by atoms with Crippen molar-refractivity contribution in [1.82, 2.24) is 15.0 Å². The maximum Gasteiger partial charge on any atom is 0.164 e. The second-order valence-corrected chi connectivity index (χ2v) is 15.6. The zero-order chi connectivity index (χ0) is 36.6. The molecule has 3 nitrogen and oxygen atoms in total. The minimum Gasteiger partial charge on any atom is -0.208 e. The molecule has 0 spiro atoms. The van der Waals surface area contributed by atoms with E-state index in [9.17, 15) is 0 Å². The van der Waals surface area contributed by atoms with E-state index in [1.807, 2.05) is 60.7 Å². The number of rotatable bonds is 5. The summed E-state index contributed by atoms with van der Waals surface area (Å²) in [4.78, 5) is 14.9. The van der Waals surface area contributed by atoms with Gasteiger partial charge in [-0.05, 0) is 72.8 Å². The molecule has 258 valence electrons. The van der Waals surface area contributed by atoms with Crippen LogP contribution in [0.1, 0.15) is 49.9 Å². The fourth-order valence-electron chi connectivity index (χ4n) is 8.95. The van der Waals surface area contributed by atoms with Gasteiger partial charge in [0.05, 0.1) is 0 Å². The van der Waals surface area contributed by atoms with Crippen molar-refractivity contribution in [1.29, 1.82) is 0 Å². The minimum atomic E-state index is -0.111. The van der Waals surface area contributed by atoms with Gasteiger partial charge in [-0.25, -0.2) is 15.0 Å². The van der Waals surface area contributed by atoms with Gasteiger partial charge in [0.1, 0.15) is 0 Å². The first kappa shape index (κ1) is 32.2. The van der Waals surface area contributed by atoms with Gasteiger partial charge in [-0.15, -0.1) is 0 Å². The van der Waals surface area contributed by atoms with Crippen LogP contribution in [0.2, 0.25) is 0 Å². The minimum absolute atomic E-state index is 0.0495. The Kier molecular flexibility index (Phi) is 7.19. The molecule has 3 heteroatoms. The summed E-state index contributed by atoms with van der Waals surface area (Å²) in [5.41, 5.74) is 18.4. The lowest BCUT2D eigenvalue weighted by Crippen LogP contribution is -2.15. The predicted molar refractivity (Wildman–Crippen MR) is 222 cm³/mol. The van der Waals surface area contributed by atoms with Crippen molar-refractivity contribution >= 4 is 0 Å². The fourth-order valence-corrected chi connectivity index (χ4v) is 8.95. The Labute approximate surface area is 317 Å². The lowest BCUT2D eigenvalue weighted by Gasteiger charge is -2.24. The highest BCUT2D eigenvalue weighted by atomic mass is 15.0. The van der Waals surface area contributed by atoms with E-state index < -0.39 is 0 Å². The van der Waals surface area contributed by atoms with Crippen LogP contribution in [0.15, 0.2) is 164 Å². The maximum atomic E-state index is 5.00. The van der Waals surface area contributed by atoms with Gasteiger partial charge in [0, 0.05) is 27.5 Å². The van der Waals surface area contributed by atoms with Crippen molar-refractivity contribution in [2.75, 3.05) is 0 Å². The highest BCUT2D eigenvalue weighted by molar-refractivity contribution is 6.01. The van der Waals surface area contributed by atoms with Gasteiger partial charge in [-0.2, -0.15) is 0 Å². The Balaban J connectivity index is 1.15. The number of hydrogen-bond donors (Lipinski definition) is 0. The van der Waals surface area contributed by atoms with Gasteiger partial charge < -0.3 is 0 Å². The zero-order valence-corrected chi connectivity index (χ0v) is 30.9. The monoisotopic (exact) mass is 693 g/mol. The van der Waals surface area contributed by atoms with Crippen LogP contribution >= 0.6 is 0 Å². The molecule has 7 aromatic carbocycles. The van der Waals surface area contributed by atoms with Crippen LogP contribution in [0.25, 0.3) is 78.7 Å². The van der Waals surface area contributed by atoms with Crippen molar-refractivity contribution in [3.05, 3.63) is 186 Å². The molecule has 54 heavy (non-hydrogen) atoms. The number of aromatic nitrogens is 3. The Morgan fingerprint density at radius 2 is 0.722 bits per heavy atom. The van der Waals surface area contributed by atoms with E-state index >= 15 is 0 Å². The van der Waals surface area contributed by atoms with E-state index in [1.54, 1.807) is 0 Å². The molecular formula is C51H39N3. The molecule has 1 aromatic heterocycles. The number of benzene rings is 7. The standard InChI is InChI=1S/C51H39N3/c1-50(2)41-21-13-11-19-38(41)40-31-36(27-29-43(40)50)45-37(28-30-44-46(45)39-20-12-14-22-42(39)51(44,3)4)32-23-25-35(26-24-32)49-53-47(33-15-7-5-8-16-33)52-48(54-49)34-17-9-6-10-18-34/h5-31H,1-4H3. The smallest absolute Gasteiger partial charge is 0.164 e. The molecule has 0 bridgehead atoms. The Hall–Kier alpha value is -6.45. The molecular weight excluding hydrogens is 655 g/mol. The summed E-state index contributed by atoms with van der Waals surface area (Å²) in [5, 5.41) is 0. The van der Waals surface area contributed by atoms with Gasteiger partial charge in [-0.1, -0.05) is 185 Å². The Bertz CT molecular complexity index is 2690. The van der Waals surface area contributed by atoms with E-state index in [0.29, 0.717) is 17.5 Å². The molecule has 0 atom stereocenters. The molecule has 2 aliphatic carbocycles. The molecule has 0 saturated carbocycles. The van der Waals surface area contributed by atoms with Crippen LogP contribution in [0.3, 0.4) is 0 Å². The summed E-state index contributed by atoms with van der Waals surface area (Å²) in [6.07, 6.45) is 0. The van der Waals surface area contributed by atoms with Gasteiger partial charge >= 0.3 is 0 Å². The number of hydrogen-bond acceptors (Lipinski definition) is 3. The van der Waals surface area contributed by atoms with Crippen molar-refractivity contribution in [2.24, 2.45) is 0 Å². The first-order chi connectivity index (χ1) is 26.3. The molecule has 0 radical (unpaired) electrons. The van der Waals surface area contributed by atoms with Crippen molar-refractivity contribution < 1.29 is 0 Å². The summed E-state index contributed by atoms with van der Waals surface area (Å²) in [6.45, 7) is 9.42. The Morgan fingerprint density at radius 1 is 0.296 bits per heavy atom. The van der Waals surface area contributed by atoms with E-state index in [-0.39, 0.29) is 10.8 Å². The van der Waals surface area contributed by atoms with Crippen LogP contribution in [0.5, 0.6) is 0 Å². The highest BCUT2D eigenvalue weighted by Gasteiger charge is 2.39. The third-order valence-electron chi connectivity index (χ3n) is 11.8. The average Bonchev–Trinajstić information content (AvgIpc) is 3.60. The largest absolute Gasteiger partial charge is 0.208 e. The lowest BCUT2D eigenvalue weighted by atomic mass is 9.79. The topological polar surface area (TPSA) is 38.7 Å². The molecule has 0 unspecified atom stereocenters. The van der Waals surface area contributed by atoms with Crippen molar-refractivity contribution in [3.63, 3.8) is 0 Å². The second-order valence-electron chi connectivity index (χ2n) is 15.6. The summed E-state index contributed by atoms with van der Waals surface area (Å²) in [7, 11) is 0. The van der Waals surface area contributed by atoms with Crippen LogP contribution in [-0.2, 0) is 10.8 Å². The fraction of sp³-hybridized carbons (Fsp3) is 0.118. The highest BCUT2D eigenvalue weighted by Crippen LogP contribution is 2.56. The van der Waals surface area contributed by atoms with E-state index in [1.165, 1.54) is 61.2 Å². The SMILES string of the molecule is CC1(C)c2ccccc2-c2cc(-c3c(-c4ccc(-c5nc(-c6ccccc6)nc(-c6ccccc6)n5)cc4)ccc4c3-c3ccccc3C4(C)C)ccc21. The van der Waals surface area contributed by atoms with Crippen LogP contribution in [0.4, 0.5) is 0 Å². The van der Waals surface area contributed by atoms with E-state index in [2.05, 4.69) is 131 Å². The molecule has 10 rings (SSSR count). The normalized spacial score (nSPS) is 14.2. The molecule has 0 N–H and O–H groups in total. The predicted octanol–water partition coefficient (Wildman–Crippen LogP) is 12.8. The summed E-state index contributed by atoms with van der Waals surface area (Å²) < 4.78 is 0. The summed E-state index contributed by atoms with van der Waals surface area (Å²) in [5.74, 6) is 1.97. The summed E-state index contributed by atoms with van der Waals surface area (Å²) >= 11 is 0. The summed E-state index contributed by atoms with van der Waals surface area (Å²) in [6, 6.07) is 58.8. The molecule has 0 amide bonds. The third kappa shape index (κ3) is 4.92. The van der Waals surface area contributed by atoms with Crippen molar-refractivity contribution in [2.45, 2.75) is 38.5 Å². The maximum absolute atomic E-state index is 5.00. The Morgan fingerprint density at radius 3 is 1.33 bits per heavy atom. The van der Waals surface area contributed by atoms with Gasteiger partial charge in [0.25, 0.3) is 0 Å². The van der Waals surface area contributed by atoms with Crippen molar-refractivity contribution in [3.8, 4) is 78.7 Å². The van der Waals surface area contributed by atoms with Gasteiger partial charge in [-0.3, -0.25) is 0 Å². The quantitative estimate of drug-likeness (QED) is 0.180. The molecule has 1 heterocycles. The third-order valence-corrected chi connectivity index (χ3v) is 11.8. The van der Waals surface area contributed by atoms with Crippen LogP contribution < -0.4 is 0 Å². The lowest BCUT2D eigenvalue weighted by molar-refractivity contribution is 0.660. The number of fused-ring (bicyclic) bond motifs is 6. The second kappa shape index (κ2) is 12.0. The molecule has 0 fully saturated rings. The van der Waals surface area contributed by atoms with Gasteiger partial charge in [0.2, 0.25) is 0 Å². The molecule has 8 aromatic rings. The number of nitrogens with zero attached hydrogens (tertiary/aromatic N) is 3. The molecule has 0 aliphatic heterocycles. The average molecular weight is 694 g/mol. The van der Waals surface area contributed by atoms with Crippen LogP contribution in [0, 0.1) is 0 Å². The molecule has 2 aliphatic rings. The van der Waals surface area contributed by atoms with E-state index in [4.69, 9.17) is 15.0 Å². The van der Waals surface area contributed by atoms with Crippen LogP contribution in [-0.4, -0.2) is 15.0 Å². The van der Waals surface area contributed by atoms with Gasteiger partial charge in [0.15, 0.2) is 17.5 Å². The first-order valence-corrected chi connectivity index (χ1v) is 18.8. The first-order valence-electron chi connectivity index (χ1n) is 18.8. The zero-order valence-electron chi connectivity index (χ0n) is 30.9. The van der Waals surface area contributed by atoms with E-state index in [0.717, 1.165) is 22.3 Å². The molecule has 0 saturated heterocycles.